The number of hydrogen-bond acceptors (Lipinski definition) is 4. The van der Waals surface area contributed by atoms with E-state index in [2.05, 4.69) is 13.8 Å². The summed E-state index contributed by atoms with van der Waals surface area (Å²) in [4.78, 5) is 25.5. The molecule has 1 amide bonds. The molecule has 1 atom stereocenters. The van der Waals surface area contributed by atoms with E-state index in [1.54, 1.807) is 17.0 Å². The SMILES string of the molecule is COc1cc(C(=O)N2CCCC2CC(=O)O)cc(Cl)c1OCCC(C)C. The van der Waals surface area contributed by atoms with E-state index in [0.29, 0.717) is 47.6 Å². The Bertz CT molecular complexity index is 662. The van der Waals surface area contributed by atoms with Gasteiger partial charge < -0.3 is 19.5 Å². The molecule has 1 saturated heterocycles. The fraction of sp³-hybridized carbons (Fsp3) is 0.579. The zero-order valence-electron chi connectivity index (χ0n) is 15.5. The van der Waals surface area contributed by atoms with Gasteiger partial charge in [-0.2, -0.15) is 0 Å². The number of halogens is 1. The van der Waals surface area contributed by atoms with Gasteiger partial charge >= 0.3 is 5.97 Å². The summed E-state index contributed by atoms with van der Waals surface area (Å²) in [7, 11) is 1.50. The summed E-state index contributed by atoms with van der Waals surface area (Å²) in [6.07, 6.45) is 2.32. The highest BCUT2D eigenvalue weighted by atomic mass is 35.5. The quantitative estimate of drug-likeness (QED) is 0.737. The Kier molecular flexibility index (Phi) is 7.14. The van der Waals surface area contributed by atoms with Crippen LogP contribution in [0.3, 0.4) is 0 Å². The molecule has 0 spiro atoms. The lowest BCUT2D eigenvalue weighted by Crippen LogP contribution is -2.36. The lowest BCUT2D eigenvalue weighted by Gasteiger charge is -2.24. The van der Waals surface area contributed by atoms with E-state index < -0.39 is 5.97 Å². The van der Waals surface area contributed by atoms with Crippen LogP contribution in [0.15, 0.2) is 12.1 Å². The summed E-state index contributed by atoms with van der Waals surface area (Å²) in [6.45, 7) is 5.26. The zero-order valence-corrected chi connectivity index (χ0v) is 16.2. The minimum absolute atomic E-state index is 0.0486. The van der Waals surface area contributed by atoms with Crippen molar-refractivity contribution in [1.82, 2.24) is 4.90 Å². The Labute approximate surface area is 159 Å². The summed E-state index contributed by atoms with van der Waals surface area (Å²) >= 11 is 6.33. The molecule has 1 N–H and O–H groups in total. The van der Waals surface area contributed by atoms with E-state index >= 15 is 0 Å². The third-order valence-corrected chi connectivity index (χ3v) is 4.75. The number of nitrogens with zero attached hydrogens (tertiary/aromatic N) is 1. The van der Waals surface area contributed by atoms with Gasteiger partial charge in [-0.3, -0.25) is 9.59 Å². The molecule has 0 aliphatic carbocycles. The fourth-order valence-corrected chi connectivity index (χ4v) is 3.33. The normalized spacial score (nSPS) is 16.8. The number of amides is 1. The first kappa shape index (κ1) is 20.4. The molecule has 0 radical (unpaired) electrons. The average molecular weight is 384 g/mol. The van der Waals surface area contributed by atoms with Crippen LogP contribution in [-0.4, -0.2) is 48.2 Å². The van der Waals surface area contributed by atoms with E-state index in [1.807, 2.05) is 0 Å². The third kappa shape index (κ3) is 5.04. The summed E-state index contributed by atoms with van der Waals surface area (Å²) in [5.41, 5.74) is 0.375. The topological polar surface area (TPSA) is 76.1 Å². The van der Waals surface area contributed by atoms with Crippen LogP contribution >= 0.6 is 11.6 Å². The van der Waals surface area contributed by atoms with Crippen LogP contribution in [-0.2, 0) is 4.79 Å². The van der Waals surface area contributed by atoms with E-state index in [1.165, 1.54) is 7.11 Å². The summed E-state index contributed by atoms with van der Waals surface area (Å²) in [5.74, 6) is 0.192. The molecule has 6 nitrogen and oxygen atoms in total. The van der Waals surface area contributed by atoms with Crippen LogP contribution in [0.1, 0.15) is 49.9 Å². The third-order valence-electron chi connectivity index (χ3n) is 4.47. The Morgan fingerprint density at radius 2 is 2.12 bits per heavy atom. The van der Waals surface area contributed by atoms with E-state index in [9.17, 15) is 9.59 Å². The van der Waals surface area contributed by atoms with Crippen molar-refractivity contribution < 1.29 is 24.2 Å². The van der Waals surface area contributed by atoms with Crippen molar-refractivity contribution in [1.29, 1.82) is 0 Å². The van der Waals surface area contributed by atoms with Gasteiger partial charge in [0, 0.05) is 18.2 Å². The number of carboxylic acid groups (broad SMARTS) is 1. The largest absolute Gasteiger partial charge is 0.493 e. The van der Waals surface area contributed by atoms with Crippen LogP contribution in [0.4, 0.5) is 0 Å². The maximum atomic E-state index is 12.9. The molecule has 26 heavy (non-hydrogen) atoms. The molecule has 1 aliphatic heterocycles. The predicted molar refractivity (Wildman–Crippen MR) is 99.3 cm³/mol. The van der Waals surface area contributed by atoms with Gasteiger partial charge in [-0.15, -0.1) is 0 Å². The first-order chi connectivity index (χ1) is 12.3. The van der Waals surface area contributed by atoms with Crippen molar-refractivity contribution in [2.24, 2.45) is 5.92 Å². The first-order valence-corrected chi connectivity index (χ1v) is 9.24. The monoisotopic (exact) mass is 383 g/mol. The number of likely N-dealkylation sites (tertiary alicyclic amines) is 1. The number of ether oxygens (including phenoxy) is 2. The summed E-state index contributed by atoms with van der Waals surface area (Å²) < 4.78 is 11.1. The fourth-order valence-electron chi connectivity index (χ4n) is 3.06. The molecule has 0 saturated carbocycles. The van der Waals surface area contributed by atoms with Crippen molar-refractivity contribution in [3.05, 3.63) is 22.7 Å². The number of rotatable bonds is 8. The molecule has 0 aromatic heterocycles. The van der Waals surface area contributed by atoms with Gasteiger partial charge in [0.2, 0.25) is 0 Å². The molecule has 1 aromatic carbocycles. The zero-order chi connectivity index (χ0) is 19.3. The number of aliphatic carboxylic acids is 1. The Morgan fingerprint density at radius 1 is 1.38 bits per heavy atom. The lowest BCUT2D eigenvalue weighted by molar-refractivity contribution is -0.137. The Balaban J connectivity index is 2.20. The van der Waals surface area contributed by atoms with Crippen molar-refractivity contribution in [2.45, 2.75) is 45.6 Å². The van der Waals surface area contributed by atoms with Crippen LogP contribution < -0.4 is 9.47 Å². The molecule has 1 heterocycles. The average Bonchev–Trinajstić information content (AvgIpc) is 3.02. The number of benzene rings is 1. The molecule has 7 heteroatoms. The Hall–Kier alpha value is -1.95. The highest BCUT2D eigenvalue weighted by molar-refractivity contribution is 6.32. The lowest BCUT2D eigenvalue weighted by atomic mass is 10.1. The number of carboxylic acids is 1. The molecular formula is C19H26ClNO5. The predicted octanol–water partition coefficient (Wildman–Crippen LogP) is 3.85. The van der Waals surface area contributed by atoms with Crippen molar-refractivity contribution in [3.8, 4) is 11.5 Å². The molecule has 144 valence electrons. The molecular weight excluding hydrogens is 358 g/mol. The van der Waals surface area contributed by atoms with Crippen LogP contribution in [0.25, 0.3) is 0 Å². The highest BCUT2D eigenvalue weighted by Gasteiger charge is 2.31. The van der Waals surface area contributed by atoms with Gasteiger partial charge in [0.15, 0.2) is 11.5 Å². The minimum Gasteiger partial charge on any atom is -0.493 e. The van der Waals surface area contributed by atoms with Crippen molar-refractivity contribution in [3.63, 3.8) is 0 Å². The number of hydrogen-bond donors (Lipinski definition) is 1. The summed E-state index contributed by atoms with van der Waals surface area (Å²) in [5, 5.41) is 9.34. The summed E-state index contributed by atoms with van der Waals surface area (Å²) in [6, 6.07) is 2.88. The smallest absolute Gasteiger partial charge is 0.305 e. The van der Waals surface area contributed by atoms with E-state index in [4.69, 9.17) is 26.2 Å². The minimum atomic E-state index is -0.904. The molecule has 2 rings (SSSR count). The van der Waals surface area contributed by atoms with Crippen LogP contribution in [0.5, 0.6) is 11.5 Å². The number of methoxy groups -OCH3 is 1. The van der Waals surface area contributed by atoms with Crippen LogP contribution in [0, 0.1) is 5.92 Å². The van der Waals surface area contributed by atoms with Crippen molar-refractivity contribution >= 4 is 23.5 Å². The van der Waals surface area contributed by atoms with Gasteiger partial charge in [-0.25, -0.2) is 0 Å². The molecule has 1 aromatic rings. The van der Waals surface area contributed by atoms with Gasteiger partial charge in [-0.05, 0) is 37.3 Å². The molecule has 1 aliphatic rings. The first-order valence-electron chi connectivity index (χ1n) is 8.86. The standard InChI is InChI=1S/C19H26ClNO5/c1-12(2)6-8-26-18-15(20)9-13(10-16(18)25-3)19(24)21-7-4-5-14(21)11-17(22)23/h9-10,12,14H,4-8,11H2,1-3H3,(H,22,23). The maximum Gasteiger partial charge on any atom is 0.305 e. The molecule has 1 fully saturated rings. The van der Waals surface area contributed by atoms with Gasteiger partial charge in [-0.1, -0.05) is 25.4 Å². The van der Waals surface area contributed by atoms with Gasteiger partial charge in [0.1, 0.15) is 0 Å². The Morgan fingerprint density at radius 3 is 2.73 bits per heavy atom. The molecule has 1 unspecified atom stereocenters. The maximum absolute atomic E-state index is 12.9. The second-order valence-corrected chi connectivity index (χ2v) is 7.32. The van der Waals surface area contributed by atoms with E-state index in [-0.39, 0.29) is 18.4 Å². The van der Waals surface area contributed by atoms with Crippen molar-refractivity contribution in [2.75, 3.05) is 20.3 Å². The second-order valence-electron chi connectivity index (χ2n) is 6.91. The van der Waals surface area contributed by atoms with Gasteiger partial charge in [0.05, 0.1) is 25.2 Å². The van der Waals surface area contributed by atoms with Crippen LogP contribution in [0.2, 0.25) is 5.02 Å². The van der Waals surface area contributed by atoms with Gasteiger partial charge in [0.25, 0.3) is 5.91 Å². The highest BCUT2D eigenvalue weighted by Crippen LogP contribution is 2.37. The number of carbonyl (C=O) groups is 2. The number of carbonyl (C=O) groups excluding carboxylic acids is 1. The second kappa shape index (κ2) is 9.12. The molecule has 0 bridgehead atoms. The van der Waals surface area contributed by atoms with E-state index in [0.717, 1.165) is 12.8 Å².